The van der Waals surface area contributed by atoms with E-state index in [1.165, 1.54) is 38.2 Å². The van der Waals surface area contributed by atoms with Crippen molar-refractivity contribution in [1.82, 2.24) is 9.13 Å². The highest BCUT2D eigenvalue weighted by Crippen LogP contribution is 2.45. The minimum Gasteiger partial charge on any atom is -0.309 e. The van der Waals surface area contributed by atoms with E-state index in [0.717, 1.165) is 45.0 Å². The average Bonchev–Trinajstić information content (AvgIpc) is 3.67. The smallest absolute Gasteiger partial charge is 0.0887 e. The molecule has 0 saturated heterocycles. The van der Waals surface area contributed by atoms with Crippen molar-refractivity contribution in [2.75, 3.05) is 4.90 Å². The molecule has 54 heavy (non-hydrogen) atoms. The van der Waals surface area contributed by atoms with E-state index in [4.69, 9.17) is 11.6 Å². The van der Waals surface area contributed by atoms with Gasteiger partial charge in [-0.15, -0.1) is 0 Å². The first kappa shape index (κ1) is 34.0. The first-order chi connectivity index (χ1) is 26.0. The summed E-state index contributed by atoms with van der Waals surface area (Å²) in [7, 11) is 0. The predicted octanol–water partition coefficient (Wildman–Crippen LogP) is 14.6. The van der Waals surface area contributed by atoms with Crippen LogP contribution < -0.4 is 4.90 Å². The zero-order valence-electron chi connectivity index (χ0n) is 31.7. The van der Waals surface area contributed by atoms with Crippen LogP contribution in [0.4, 0.5) is 17.1 Å². The highest BCUT2D eigenvalue weighted by molar-refractivity contribution is 6.36. The molecule has 0 aliphatic rings. The molecule has 0 N–H and O–H groups in total. The van der Waals surface area contributed by atoms with Gasteiger partial charge in [-0.1, -0.05) is 138 Å². The fourth-order valence-corrected chi connectivity index (χ4v) is 8.34. The Bertz CT molecular complexity index is 2770. The molecule has 2 heterocycles. The highest BCUT2D eigenvalue weighted by atomic mass is 35.5. The largest absolute Gasteiger partial charge is 0.309 e. The standard InChI is InChI=1S/C50H44ClN3/c1-49(2,3)33-23-27-36(28-24-33)52(37-29-25-34(26-30-37)50(4,5)6)44-21-14-22-45(48(44)51)54-43-20-13-11-18-39(43)41-31-40-38-17-10-12-19-42(38)53(46(40)32-47(41)54)35-15-8-7-9-16-35/h7-32H,1-6H3. The summed E-state index contributed by atoms with van der Waals surface area (Å²) in [4.78, 5) is 2.30. The van der Waals surface area contributed by atoms with Gasteiger partial charge in [-0.05, 0) is 94.8 Å². The lowest BCUT2D eigenvalue weighted by Gasteiger charge is -2.29. The fraction of sp³-hybridized carbons (Fsp3) is 0.160. The van der Waals surface area contributed by atoms with Gasteiger partial charge in [0.15, 0.2) is 0 Å². The quantitative estimate of drug-likeness (QED) is 0.172. The average molecular weight is 722 g/mol. The fourth-order valence-electron chi connectivity index (χ4n) is 8.05. The first-order valence-electron chi connectivity index (χ1n) is 18.8. The Hall–Kier alpha value is -5.77. The van der Waals surface area contributed by atoms with Crippen LogP contribution >= 0.6 is 11.6 Å². The Morgan fingerprint density at radius 3 is 1.44 bits per heavy atom. The summed E-state index contributed by atoms with van der Waals surface area (Å²) in [6.07, 6.45) is 0. The number of hydrogen-bond acceptors (Lipinski definition) is 1. The zero-order valence-corrected chi connectivity index (χ0v) is 32.5. The van der Waals surface area contributed by atoms with Crippen molar-refractivity contribution < 1.29 is 0 Å². The molecular weight excluding hydrogens is 678 g/mol. The van der Waals surface area contributed by atoms with Crippen LogP contribution in [0, 0.1) is 0 Å². The lowest BCUT2D eigenvalue weighted by atomic mass is 9.86. The maximum absolute atomic E-state index is 7.75. The molecule has 0 aliphatic carbocycles. The van der Waals surface area contributed by atoms with Crippen LogP contribution in [0.2, 0.25) is 5.02 Å². The molecule has 266 valence electrons. The Kier molecular flexibility index (Phi) is 7.99. The van der Waals surface area contributed by atoms with Crippen molar-refractivity contribution in [3.63, 3.8) is 0 Å². The van der Waals surface area contributed by atoms with Gasteiger partial charge in [-0.25, -0.2) is 0 Å². The summed E-state index contributed by atoms with van der Waals surface area (Å²) in [6.45, 7) is 13.5. The van der Waals surface area contributed by atoms with E-state index in [-0.39, 0.29) is 10.8 Å². The van der Waals surface area contributed by atoms with E-state index in [0.29, 0.717) is 5.02 Å². The number of nitrogens with zero attached hydrogens (tertiary/aromatic N) is 3. The summed E-state index contributed by atoms with van der Waals surface area (Å²) in [5.41, 5.74) is 12.4. The van der Waals surface area contributed by atoms with E-state index in [1.54, 1.807) is 0 Å². The van der Waals surface area contributed by atoms with Gasteiger partial charge in [0.05, 0.1) is 38.5 Å². The van der Waals surface area contributed by atoms with Crippen molar-refractivity contribution >= 4 is 72.3 Å². The number of benzene rings is 7. The SMILES string of the molecule is CC(C)(C)c1ccc(N(c2ccc(C(C)(C)C)cc2)c2cccc(-n3c4ccccc4c4cc5c6ccccc6n(-c6ccccc6)c5cc43)c2Cl)cc1. The van der Waals surface area contributed by atoms with Crippen molar-refractivity contribution in [2.45, 2.75) is 52.4 Å². The third kappa shape index (κ3) is 5.58. The van der Waals surface area contributed by atoms with Crippen LogP contribution in [0.5, 0.6) is 0 Å². The van der Waals surface area contributed by atoms with E-state index in [1.807, 2.05) is 0 Å². The van der Waals surface area contributed by atoms with E-state index < -0.39 is 0 Å². The van der Waals surface area contributed by atoms with Gasteiger partial charge in [0.1, 0.15) is 0 Å². The molecule has 0 spiro atoms. The Morgan fingerprint density at radius 2 is 0.907 bits per heavy atom. The lowest BCUT2D eigenvalue weighted by molar-refractivity contribution is 0.590. The zero-order chi connectivity index (χ0) is 37.4. The number of para-hydroxylation sites is 3. The predicted molar refractivity (Wildman–Crippen MR) is 232 cm³/mol. The molecule has 0 fully saturated rings. The Labute approximate surface area is 322 Å². The second-order valence-electron chi connectivity index (χ2n) is 16.5. The Morgan fingerprint density at radius 1 is 0.426 bits per heavy atom. The minimum atomic E-state index is 0.0451. The molecule has 3 nitrogen and oxygen atoms in total. The third-order valence-electron chi connectivity index (χ3n) is 10.9. The number of anilines is 3. The van der Waals surface area contributed by atoms with Gasteiger partial charge in [-0.2, -0.15) is 0 Å². The second-order valence-corrected chi connectivity index (χ2v) is 16.8. The van der Waals surface area contributed by atoms with Gasteiger partial charge in [0, 0.05) is 38.6 Å². The Balaban J connectivity index is 1.30. The van der Waals surface area contributed by atoms with Crippen LogP contribution in [-0.4, -0.2) is 9.13 Å². The molecule has 7 aromatic carbocycles. The normalized spacial score (nSPS) is 12.4. The van der Waals surface area contributed by atoms with Crippen LogP contribution in [-0.2, 0) is 10.8 Å². The van der Waals surface area contributed by atoms with Crippen molar-refractivity contribution in [3.8, 4) is 11.4 Å². The molecule has 0 unspecified atom stereocenters. The topological polar surface area (TPSA) is 13.1 Å². The van der Waals surface area contributed by atoms with Gasteiger partial charge in [-0.3, -0.25) is 0 Å². The van der Waals surface area contributed by atoms with E-state index in [2.05, 4.69) is 213 Å². The first-order valence-corrected chi connectivity index (χ1v) is 19.2. The molecule has 0 radical (unpaired) electrons. The van der Waals surface area contributed by atoms with Gasteiger partial charge >= 0.3 is 0 Å². The van der Waals surface area contributed by atoms with E-state index >= 15 is 0 Å². The van der Waals surface area contributed by atoms with Crippen LogP contribution in [0.3, 0.4) is 0 Å². The maximum Gasteiger partial charge on any atom is 0.0887 e. The third-order valence-corrected chi connectivity index (χ3v) is 11.3. The molecular formula is C50H44ClN3. The molecule has 0 saturated carbocycles. The van der Waals surface area contributed by atoms with Crippen LogP contribution in [0.15, 0.2) is 158 Å². The molecule has 2 aromatic heterocycles. The summed E-state index contributed by atoms with van der Waals surface area (Å²) in [5.74, 6) is 0. The number of halogens is 1. The number of aromatic nitrogens is 2. The summed E-state index contributed by atoms with van der Waals surface area (Å²) in [5, 5.41) is 5.54. The summed E-state index contributed by atoms with van der Waals surface area (Å²) in [6, 6.07) is 57.1. The number of rotatable bonds is 5. The molecule has 0 amide bonds. The molecule has 0 bridgehead atoms. The number of hydrogen-bond donors (Lipinski definition) is 0. The van der Waals surface area contributed by atoms with Gasteiger partial charge in [0.25, 0.3) is 0 Å². The van der Waals surface area contributed by atoms with E-state index in [9.17, 15) is 0 Å². The maximum atomic E-state index is 7.75. The van der Waals surface area contributed by atoms with Crippen LogP contribution in [0.25, 0.3) is 55.0 Å². The van der Waals surface area contributed by atoms with Crippen molar-refractivity contribution in [1.29, 1.82) is 0 Å². The molecule has 4 heteroatoms. The molecule has 9 rings (SSSR count). The molecule has 0 atom stereocenters. The van der Waals surface area contributed by atoms with Crippen molar-refractivity contribution in [3.05, 3.63) is 174 Å². The summed E-state index contributed by atoms with van der Waals surface area (Å²) >= 11 is 7.75. The summed E-state index contributed by atoms with van der Waals surface area (Å²) < 4.78 is 4.74. The van der Waals surface area contributed by atoms with Gasteiger partial charge in [0.2, 0.25) is 0 Å². The van der Waals surface area contributed by atoms with Crippen LogP contribution in [0.1, 0.15) is 52.7 Å². The molecule has 0 aliphatic heterocycles. The monoisotopic (exact) mass is 721 g/mol. The van der Waals surface area contributed by atoms with Crippen molar-refractivity contribution in [2.24, 2.45) is 0 Å². The minimum absolute atomic E-state index is 0.0451. The lowest BCUT2D eigenvalue weighted by Crippen LogP contribution is -2.15. The highest BCUT2D eigenvalue weighted by Gasteiger charge is 2.24. The van der Waals surface area contributed by atoms with Gasteiger partial charge < -0.3 is 14.0 Å². The second kappa shape index (κ2) is 12.7. The number of fused-ring (bicyclic) bond motifs is 6. The molecule has 9 aromatic rings.